The van der Waals surface area contributed by atoms with Crippen LogP contribution in [0.4, 0.5) is 5.82 Å². The SMILES string of the molecule is CCc1cc(N2CCN(CC(=O)N3CCCCCC3)CC2)nc(-c2ccccn2)n1. The van der Waals surface area contributed by atoms with E-state index < -0.39 is 0 Å². The molecule has 2 aliphatic rings. The molecule has 0 aromatic carbocycles. The van der Waals surface area contributed by atoms with Crippen LogP contribution in [-0.2, 0) is 11.2 Å². The fourth-order valence-electron chi connectivity index (χ4n) is 4.18. The summed E-state index contributed by atoms with van der Waals surface area (Å²) >= 11 is 0. The molecule has 2 fully saturated rings. The summed E-state index contributed by atoms with van der Waals surface area (Å²) in [6, 6.07) is 7.90. The second-order valence-corrected chi connectivity index (χ2v) is 8.17. The molecule has 1 amide bonds. The van der Waals surface area contributed by atoms with E-state index in [1.54, 1.807) is 6.20 Å². The van der Waals surface area contributed by atoms with Crippen LogP contribution in [0.25, 0.3) is 11.5 Å². The third kappa shape index (κ3) is 5.14. The van der Waals surface area contributed by atoms with Crippen molar-refractivity contribution >= 4 is 11.7 Å². The van der Waals surface area contributed by atoms with Crippen LogP contribution in [0.3, 0.4) is 0 Å². The number of carbonyl (C=O) groups excluding carboxylic acids is 1. The van der Waals surface area contributed by atoms with E-state index in [0.717, 1.165) is 75.7 Å². The van der Waals surface area contributed by atoms with Gasteiger partial charge in [-0.2, -0.15) is 0 Å². The van der Waals surface area contributed by atoms with Crippen molar-refractivity contribution in [2.24, 2.45) is 0 Å². The molecule has 0 unspecified atom stereocenters. The van der Waals surface area contributed by atoms with Crippen LogP contribution in [0.1, 0.15) is 38.3 Å². The molecule has 2 aromatic rings. The molecule has 0 aliphatic carbocycles. The molecule has 30 heavy (non-hydrogen) atoms. The van der Waals surface area contributed by atoms with Gasteiger partial charge in [0.2, 0.25) is 5.91 Å². The minimum Gasteiger partial charge on any atom is -0.354 e. The van der Waals surface area contributed by atoms with Crippen LogP contribution in [0.15, 0.2) is 30.5 Å². The first-order valence-corrected chi connectivity index (χ1v) is 11.3. The van der Waals surface area contributed by atoms with Gasteiger partial charge in [-0.25, -0.2) is 9.97 Å². The van der Waals surface area contributed by atoms with E-state index in [1.165, 1.54) is 12.8 Å². The van der Waals surface area contributed by atoms with Crippen molar-refractivity contribution in [3.8, 4) is 11.5 Å². The van der Waals surface area contributed by atoms with Crippen molar-refractivity contribution in [3.05, 3.63) is 36.2 Å². The summed E-state index contributed by atoms with van der Waals surface area (Å²) in [4.78, 5) is 33.2. The Morgan fingerprint density at radius 3 is 2.40 bits per heavy atom. The number of aryl methyl sites for hydroxylation is 1. The Morgan fingerprint density at radius 1 is 0.967 bits per heavy atom. The van der Waals surface area contributed by atoms with Gasteiger partial charge in [-0.3, -0.25) is 14.7 Å². The number of anilines is 1. The number of nitrogens with zero attached hydrogens (tertiary/aromatic N) is 6. The average Bonchev–Trinajstić information content (AvgIpc) is 3.09. The normalized spacial score (nSPS) is 18.3. The molecule has 2 aliphatic heterocycles. The summed E-state index contributed by atoms with van der Waals surface area (Å²) < 4.78 is 0. The zero-order valence-electron chi connectivity index (χ0n) is 18.0. The maximum absolute atomic E-state index is 12.7. The van der Waals surface area contributed by atoms with Crippen molar-refractivity contribution in [1.82, 2.24) is 24.8 Å². The van der Waals surface area contributed by atoms with E-state index in [0.29, 0.717) is 12.4 Å². The number of carbonyl (C=O) groups is 1. The van der Waals surface area contributed by atoms with Gasteiger partial charge >= 0.3 is 0 Å². The Labute approximate surface area is 179 Å². The summed E-state index contributed by atoms with van der Waals surface area (Å²) in [7, 11) is 0. The van der Waals surface area contributed by atoms with E-state index in [2.05, 4.69) is 37.7 Å². The van der Waals surface area contributed by atoms with E-state index in [4.69, 9.17) is 4.98 Å². The lowest BCUT2D eigenvalue weighted by Gasteiger charge is -2.36. The number of rotatable bonds is 5. The van der Waals surface area contributed by atoms with Crippen molar-refractivity contribution in [2.75, 3.05) is 50.7 Å². The lowest BCUT2D eigenvalue weighted by Crippen LogP contribution is -2.50. The summed E-state index contributed by atoms with van der Waals surface area (Å²) in [5.74, 6) is 1.93. The van der Waals surface area contributed by atoms with Crippen LogP contribution < -0.4 is 4.90 Å². The Hall–Kier alpha value is -2.54. The fraction of sp³-hybridized carbons (Fsp3) is 0.565. The van der Waals surface area contributed by atoms with Gasteiger partial charge in [-0.15, -0.1) is 0 Å². The topological polar surface area (TPSA) is 65.5 Å². The molecule has 0 bridgehead atoms. The van der Waals surface area contributed by atoms with E-state index in [-0.39, 0.29) is 5.91 Å². The van der Waals surface area contributed by atoms with Gasteiger partial charge < -0.3 is 9.80 Å². The number of likely N-dealkylation sites (tertiary alicyclic amines) is 1. The van der Waals surface area contributed by atoms with Gasteiger partial charge in [0, 0.05) is 57.2 Å². The molecule has 4 heterocycles. The first-order chi connectivity index (χ1) is 14.7. The minimum atomic E-state index is 0.290. The zero-order chi connectivity index (χ0) is 20.8. The molecule has 7 heteroatoms. The smallest absolute Gasteiger partial charge is 0.236 e. The Kier molecular flexibility index (Phi) is 6.89. The van der Waals surface area contributed by atoms with Gasteiger partial charge in [-0.1, -0.05) is 25.8 Å². The molecule has 0 spiro atoms. The Bertz CT molecular complexity index is 827. The number of pyridine rings is 1. The second kappa shape index (κ2) is 9.98. The maximum Gasteiger partial charge on any atom is 0.236 e. The molecule has 4 rings (SSSR count). The highest BCUT2D eigenvalue weighted by Gasteiger charge is 2.23. The lowest BCUT2D eigenvalue weighted by molar-refractivity contribution is -0.132. The summed E-state index contributed by atoms with van der Waals surface area (Å²) in [6.45, 7) is 8.00. The molecule has 7 nitrogen and oxygen atoms in total. The Balaban J connectivity index is 1.38. The number of amides is 1. The number of piperazine rings is 1. The van der Waals surface area contributed by atoms with Crippen molar-refractivity contribution in [2.45, 2.75) is 39.0 Å². The van der Waals surface area contributed by atoms with Gasteiger partial charge in [-0.05, 0) is 31.4 Å². The lowest BCUT2D eigenvalue weighted by atomic mass is 10.2. The van der Waals surface area contributed by atoms with Gasteiger partial charge in [0.05, 0.1) is 6.54 Å². The molecule has 2 saturated heterocycles. The van der Waals surface area contributed by atoms with Crippen LogP contribution in [0.5, 0.6) is 0 Å². The molecule has 160 valence electrons. The van der Waals surface area contributed by atoms with Crippen LogP contribution in [0.2, 0.25) is 0 Å². The maximum atomic E-state index is 12.7. The van der Waals surface area contributed by atoms with Crippen LogP contribution in [-0.4, -0.2) is 76.5 Å². The highest BCUT2D eigenvalue weighted by Crippen LogP contribution is 2.20. The second-order valence-electron chi connectivity index (χ2n) is 8.17. The van der Waals surface area contributed by atoms with E-state index in [9.17, 15) is 4.79 Å². The zero-order valence-corrected chi connectivity index (χ0v) is 18.0. The first-order valence-electron chi connectivity index (χ1n) is 11.3. The largest absolute Gasteiger partial charge is 0.354 e. The van der Waals surface area contributed by atoms with Crippen molar-refractivity contribution in [1.29, 1.82) is 0 Å². The molecule has 0 saturated carbocycles. The van der Waals surface area contributed by atoms with E-state index in [1.807, 2.05) is 18.2 Å². The number of aromatic nitrogens is 3. The summed E-state index contributed by atoms with van der Waals surface area (Å²) in [5.41, 5.74) is 1.83. The fourth-order valence-corrected chi connectivity index (χ4v) is 4.18. The molecule has 0 atom stereocenters. The predicted octanol–water partition coefficient (Wildman–Crippen LogP) is 2.63. The van der Waals surface area contributed by atoms with E-state index >= 15 is 0 Å². The molecule has 2 aromatic heterocycles. The third-order valence-electron chi connectivity index (χ3n) is 6.04. The third-order valence-corrected chi connectivity index (χ3v) is 6.04. The molecular formula is C23H32N6O. The van der Waals surface area contributed by atoms with Gasteiger partial charge in [0.15, 0.2) is 5.82 Å². The number of hydrogen-bond acceptors (Lipinski definition) is 6. The highest BCUT2D eigenvalue weighted by molar-refractivity contribution is 5.78. The van der Waals surface area contributed by atoms with Gasteiger partial charge in [0.1, 0.15) is 11.5 Å². The molecular weight excluding hydrogens is 376 g/mol. The van der Waals surface area contributed by atoms with Crippen molar-refractivity contribution in [3.63, 3.8) is 0 Å². The van der Waals surface area contributed by atoms with Crippen LogP contribution in [0, 0.1) is 0 Å². The quantitative estimate of drug-likeness (QED) is 0.758. The standard InChI is InChI=1S/C23H32N6O/c1-2-19-17-21(26-23(25-19)20-9-5-6-10-24-20)28-15-13-27(14-16-28)18-22(30)29-11-7-3-4-8-12-29/h5-6,9-10,17H,2-4,7-8,11-16,18H2,1H3. The summed E-state index contributed by atoms with van der Waals surface area (Å²) in [5, 5.41) is 0. The molecule has 0 N–H and O–H groups in total. The Morgan fingerprint density at radius 2 is 1.73 bits per heavy atom. The number of hydrogen-bond donors (Lipinski definition) is 0. The average molecular weight is 409 g/mol. The minimum absolute atomic E-state index is 0.290. The monoisotopic (exact) mass is 408 g/mol. The summed E-state index contributed by atoms with van der Waals surface area (Å²) in [6.07, 6.45) is 7.43. The van der Waals surface area contributed by atoms with Crippen molar-refractivity contribution < 1.29 is 4.79 Å². The van der Waals surface area contributed by atoms with Crippen LogP contribution >= 0.6 is 0 Å². The van der Waals surface area contributed by atoms with Gasteiger partial charge in [0.25, 0.3) is 0 Å². The predicted molar refractivity (Wildman–Crippen MR) is 118 cm³/mol. The molecule has 0 radical (unpaired) electrons. The first kappa shape index (κ1) is 20.7. The highest BCUT2D eigenvalue weighted by atomic mass is 16.2.